The first-order chi connectivity index (χ1) is 9.17. The smallest absolute Gasteiger partial charge is 0.229 e. The molecule has 19 heavy (non-hydrogen) atoms. The van der Waals surface area contributed by atoms with Crippen LogP contribution >= 0.6 is 0 Å². The number of rotatable bonds is 5. The number of amides is 1. The van der Waals surface area contributed by atoms with Crippen molar-refractivity contribution < 1.29 is 9.53 Å². The summed E-state index contributed by atoms with van der Waals surface area (Å²) in [7, 11) is 3.83. The van der Waals surface area contributed by atoms with Crippen LogP contribution in [0.3, 0.4) is 0 Å². The minimum Gasteiger partial charge on any atom is -0.379 e. The fraction of sp³-hybridized carbons (Fsp3) is 0.929. The average molecular weight is 269 g/mol. The molecule has 0 bridgehead atoms. The Morgan fingerprint density at radius 1 is 1.47 bits per heavy atom. The molecule has 0 aromatic rings. The van der Waals surface area contributed by atoms with Gasteiger partial charge in [-0.15, -0.1) is 0 Å². The molecule has 0 aliphatic carbocycles. The first-order valence-corrected chi connectivity index (χ1v) is 7.41. The summed E-state index contributed by atoms with van der Waals surface area (Å²) in [5.41, 5.74) is 0. The zero-order valence-electron chi connectivity index (χ0n) is 12.4. The summed E-state index contributed by atoms with van der Waals surface area (Å²) in [6.45, 7) is 6.50. The summed E-state index contributed by atoms with van der Waals surface area (Å²) in [5.74, 6) is 0.200. The third-order valence-electron chi connectivity index (χ3n) is 4.53. The second-order valence-electron chi connectivity index (χ2n) is 5.68. The van der Waals surface area contributed by atoms with Crippen LogP contribution in [0.2, 0.25) is 0 Å². The average Bonchev–Trinajstić information content (AvgIpc) is 3.05. The van der Waals surface area contributed by atoms with E-state index in [1.807, 2.05) is 19.0 Å². The van der Waals surface area contributed by atoms with Gasteiger partial charge in [0, 0.05) is 25.7 Å². The highest BCUT2D eigenvalue weighted by atomic mass is 16.5. The van der Waals surface area contributed by atoms with Crippen molar-refractivity contribution in [1.82, 2.24) is 15.1 Å². The van der Waals surface area contributed by atoms with Crippen molar-refractivity contribution in [2.75, 3.05) is 46.9 Å². The van der Waals surface area contributed by atoms with Crippen LogP contribution in [0.15, 0.2) is 0 Å². The number of nitrogens with zero attached hydrogens (tertiary/aromatic N) is 2. The molecule has 2 rings (SSSR count). The van der Waals surface area contributed by atoms with Crippen molar-refractivity contribution in [2.45, 2.75) is 31.8 Å². The van der Waals surface area contributed by atoms with E-state index >= 15 is 0 Å². The maximum absolute atomic E-state index is 12.5. The van der Waals surface area contributed by atoms with Gasteiger partial charge in [-0.05, 0) is 33.0 Å². The van der Waals surface area contributed by atoms with Gasteiger partial charge >= 0.3 is 0 Å². The number of likely N-dealkylation sites (tertiary alicyclic amines) is 1. The molecule has 0 spiro atoms. The molecule has 2 heterocycles. The maximum atomic E-state index is 12.5. The van der Waals surface area contributed by atoms with Gasteiger partial charge in [0.25, 0.3) is 0 Å². The lowest BCUT2D eigenvalue weighted by Gasteiger charge is -2.30. The number of carbonyl (C=O) groups excluding carboxylic acids is 1. The molecule has 0 radical (unpaired) electrons. The standard InChI is InChI=1S/C14H27N3O2/c1-4-17-7-5-6-11(17)8-16(3)14(18)12-9-19-10-13(12)15-2/h11-13,15H,4-10H2,1-3H3. The number of nitrogens with one attached hydrogen (secondary N) is 1. The van der Waals surface area contributed by atoms with Crippen LogP contribution in [0.4, 0.5) is 0 Å². The van der Waals surface area contributed by atoms with Crippen molar-refractivity contribution in [3.63, 3.8) is 0 Å². The Hall–Kier alpha value is -0.650. The molecule has 2 aliphatic rings. The van der Waals surface area contributed by atoms with Crippen LogP contribution in [0.5, 0.6) is 0 Å². The third kappa shape index (κ3) is 3.27. The van der Waals surface area contributed by atoms with Gasteiger partial charge in [0.2, 0.25) is 5.91 Å². The van der Waals surface area contributed by atoms with Crippen LogP contribution in [-0.2, 0) is 9.53 Å². The van der Waals surface area contributed by atoms with Gasteiger partial charge in [-0.1, -0.05) is 6.92 Å². The maximum Gasteiger partial charge on any atom is 0.229 e. The molecule has 0 saturated carbocycles. The molecule has 2 fully saturated rings. The Morgan fingerprint density at radius 3 is 2.95 bits per heavy atom. The summed E-state index contributed by atoms with van der Waals surface area (Å²) < 4.78 is 5.42. The highest BCUT2D eigenvalue weighted by Crippen LogP contribution is 2.20. The van der Waals surface area contributed by atoms with E-state index in [1.165, 1.54) is 19.4 Å². The van der Waals surface area contributed by atoms with Crippen molar-refractivity contribution >= 4 is 5.91 Å². The molecule has 1 N–H and O–H groups in total. The molecule has 0 aromatic carbocycles. The normalized spacial score (nSPS) is 31.8. The van der Waals surface area contributed by atoms with Crippen molar-refractivity contribution in [3.8, 4) is 0 Å². The topological polar surface area (TPSA) is 44.8 Å². The Balaban J connectivity index is 1.88. The molecule has 1 amide bonds. The lowest BCUT2D eigenvalue weighted by molar-refractivity contribution is -0.135. The molecule has 2 saturated heterocycles. The van der Waals surface area contributed by atoms with Gasteiger partial charge in [0.05, 0.1) is 19.1 Å². The minimum atomic E-state index is -0.0218. The fourth-order valence-electron chi connectivity index (χ4n) is 3.29. The van der Waals surface area contributed by atoms with Crippen molar-refractivity contribution in [2.24, 2.45) is 5.92 Å². The van der Waals surface area contributed by atoms with E-state index in [9.17, 15) is 4.79 Å². The van der Waals surface area contributed by atoms with Gasteiger partial charge < -0.3 is 15.0 Å². The Kier molecular flexibility index (Phi) is 5.19. The van der Waals surface area contributed by atoms with Gasteiger partial charge in [0.15, 0.2) is 0 Å². The van der Waals surface area contributed by atoms with Crippen molar-refractivity contribution in [1.29, 1.82) is 0 Å². The third-order valence-corrected chi connectivity index (χ3v) is 4.53. The molecule has 3 atom stereocenters. The SMILES string of the molecule is CCN1CCCC1CN(C)C(=O)C1COCC1NC. The quantitative estimate of drug-likeness (QED) is 0.772. The Morgan fingerprint density at radius 2 is 2.26 bits per heavy atom. The van der Waals surface area contributed by atoms with Crippen LogP contribution < -0.4 is 5.32 Å². The number of hydrogen-bond donors (Lipinski definition) is 1. The first kappa shape index (κ1) is 14.8. The van der Waals surface area contributed by atoms with E-state index < -0.39 is 0 Å². The van der Waals surface area contributed by atoms with Gasteiger partial charge in [-0.3, -0.25) is 9.69 Å². The molecule has 3 unspecified atom stereocenters. The van der Waals surface area contributed by atoms with Gasteiger partial charge in [-0.2, -0.15) is 0 Å². The largest absolute Gasteiger partial charge is 0.379 e. The lowest BCUT2D eigenvalue weighted by Crippen LogP contribution is -2.47. The highest BCUT2D eigenvalue weighted by Gasteiger charge is 2.36. The van der Waals surface area contributed by atoms with Crippen LogP contribution in [0.25, 0.3) is 0 Å². The number of carbonyl (C=O) groups is 1. The van der Waals surface area contributed by atoms with Gasteiger partial charge in [-0.25, -0.2) is 0 Å². The van der Waals surface area contributed by atoms with E-state index in [1.54, 1.807) is 0 Å². The Labute approximate surface area is 116 Å². The van der Waals surface area contributed by atoms with E-state index in [0.29, 0.717) is 19.3 Å². The molecule has 5 heteroatoms. The van der Waals surface area contributed by atoms with Crippen LogP contribution in [0, 0.1) is 5.92 Å². The lowest BCUT2D eigenvalue weighted by atomic mass is 10.0. The van der Waals surface area contributed by atoms with E-state index in [4.69, 9.17) is 4.74 Å². The summed E-state index contributed by atoms with van der Waals surface area (Å²) in [5, 5.41) is 3.18. The summed E-state index contributed by atoms with van der Waals surface area (Å²) >= 11 is 0. The van der Waals surface area contributed by atoms with E-state index in [-0.39, 0.29) is 17.9 Å². The minimum absolute atomic E-state index is 0.0218. The molecule has 0 aromatic heterocycles. The number of likely N-dealkylation sites (N-methyl/N-ethyl adjacent to an activating group) is 3. The first-order valence-electron chi connectivity index (χ1n) is 7.41. The van der Waals surface area contributed by atoms with Crippen LogP contribution in [0.1, 0.15) is 19.8 Å². The fourth-order valence-corrected chi connectivity index (χ4v) is 3.29. The predicted molar refractivity (Wildman–Crippen MR) is 75.1 cm³/mol. The Bertz CT molecular complexity index is 311. The molecular weight excluding hydrogens is 242 g/mol. The molecular formula is C14H27N3O2. The molecule has 5 nitrogen and oxygen atoms in total. The second-order valence-corrected chi connectivity index (χ2v) is 5.68. The van der Waals surface area contributed by atoms with E-state index in [2.05, 4.69) is 17.1 Å². The summed E-state index contributed by atoms with van der Waals surface area (Å²) in [4.78, 5) is 16.9. The predicted octanol–water partition coefficient (Wildman–Crippen LogP) is 0.164. The summed E-state index contributed by atoms with van der Waals surface area (Å²) in [6, 6.07) is 0.704. The molecule has 110 valence electrons. The second kappa shape index (κ2) is 6.68. The zero-order chi connectivity index (χ0) is 13.8. The number of ether oxygens (including phenoxy) is 1. The van der Waals surface area contributed by atoms with E-state index in [0.717, 1.165) is 13.1 Å². The summed E-state index contributed by atoms with van der Waals surface area (Å²) in [6.07, 6.45) is 2.47. The monoisotopic (exact) mass is 269 g/mol. The van der Waals surface area contributed by atoms with Gasteiger partial charge in [0.1, 0.15) is 0 Å². The van der Waals surface area contributed by atoms with Crippen LogP contribution in [-0.4, -0.2) is 74.7 Å². The highest BCUT2D eigenvalue weighted by molar-refractivity contribution is 5.79. The number of hydrogen-bond acceptors (Lipinski definition) is 4. The van der Waals surface area contributed by atoms with Crippen molar-refractivity contribution in [3.05, 3.63) is 0 Å². The zero-order valence-corrected chi connectivity index (χ0v) is 12.4. The molecule has 2 aliphatic heterocycles.